The Balaban J connectivity index is 3.88. The molecule has 0 heterocycles. The van der Waals surface area contributed by atoms with Crippen LogP contribution in [-0.2, 0) is 0 Å². The highest BCUT2D eigenvalue weighted by Crippen LogP contribution is 2.28. The summed E-state index contributed by atoms with van der Waals surface area (Å²) in [6.45, 7) is 9.78. The summed E-state index contributed by atoms with van der Waals surface area (Å²) in [5.41, 5.74) is 0.0513. The standard InChI is InChI=1S/C7H13Cl2/c1-5(8)6(9)7(2,3)4/h5-6H,1H2,2-4H3. The Hall–Kier alpha value is 0.580. The quantitative estimate of drug-likeness (QED) is 0.528. The summed E-state index contributed by atoms with van der Waals surface area (Å²) in [6.07, 6.45) is 0. The lowest BCUT2D eigenvalue weighted by Crippen LogP contribution is -2.27. The number of alkyl halides is 2. The molecule has 0 fully saturated rings. The molecule has 0 aliphatic heterocycles. The lowest BCUT2D eigenvalue weighted by Gasteiger charge is -2.26. The Morgan fingerprint density at radius 1 is 1.22 bits per heavy atom. The first kappa shape index (κ1) is 9.58. The molecule has 55 valence electrons. The lowest BCUT2D eigenvalue weighted by atomic mass is 9.90. The second kappa shape index (κ2) is 3.12. The third-order valence-electron chi connectivity index (χ3n) is 1.14. The van der Waals surface area contributed by atoms with E-state index in [-0.39, 0.29) is 16.2 Å². The summed E-state index contributed by atoms with van der Waals surface area (Å²) in [5, 5.41) is -0.258. The number of hydrogen-bond acceptors (Lipinski definition) is 0. The molecule has 0 spiro atoms. The molecule has 1 radical (unpaired) electrons. The van der Waals surface area contributed by atoms with Crippen LogP contribution in [0, 0.1) is 12.3 Å². The zero-order chi connectivity index (χ0) is 7.65. The fraction of sp³-hybridized carbons (Fsp3) is 0.857. The van der Waals surface area contributed by atoms with Crippen LogP contribution in [0.4, 0.5) is 0 Å². The van der Waals surface area contributed by atoms with E-state index in [2.05, 4.69) is 6.92 Å². The van der Waals surface area contributed by atoms with E-state index < -0.39 is 0 Å². The Bertz CT molecular complexity index is 81.4. The predicted octanol–water partition coefficient (Wildman–Crippen LogP) is 3.08. The van der Waals surface area contributed by atoms with Crippen LogP contribution >= 0.6 is 23.2 Å². The smallest absolute Gasteiger partial charge is 0.0548 e. The van der Waals surface area contributed by atoms with Crippen molar-refractivity contribution in [3.63, 3.8) is 0 Å². The molecule has 0 nitrogen and oxygen atoms in total. The van der Waals surface area contributed by atoms with Crippen molar-refractivity contribution < 1.29 is 0 Å². The molecule has 2 atom stereocenters. The van der Waals surface area contributed by atoms with Crippen molar-refractivity contribution in [3.05, 3.63) is 6.92 Å². The maximum absolute atomic E-state index is 5.90. The van der Waals surface area contributed by atoms with Crippen LogP contribution in [0.25, 0.3) is 0 Å². The number of halogens is 2. The summed E-state index contributed by atoms with van der Waals surface area (Å²) in [6, 6.07) is 0. The van der Waals surface area contributed by atoms with Crippen molar-refractivity contribution in [2.24, 2.45) is 5.41 Å². The van der Waals surface area contributed by atoms with Crippen LogP contribution < -0.4 is 0 Å². The fourth-order valence-electron chi connectivity index (χ4n) is 0.543. The van der Waals surface area contributed by atoms with Gasteiger partial charge in [-0.3, -0.25) is 0 Å². The molecule has 0 bridgehead atoms. The van der Waals surface area contributed by atoms with Gasteiger partial charge in [0, 0.05) is 0 Å². The molecule has 0 saturated heterocycles. The van der Waals surface area contributed by atoms with Gasteiger partial charge in [0.1, 0.15) is 0 Å². The Labute approximate surface area is 67.5 Å². The minimum Gasteiger partial charge on any atom is -0.121 e. The van der Waals surface area contributed by atoms with Gasteiger partial charge in [0.25, 0.3) is 0 Å². The molecule has 0 aliphatic carbocycles. The van der Waals surface area contributed by atoms with Crippen molar-refractivity contribution in [1.82, 2.24) is 0 Å². The van der Waals surface area contributed by atoms with Crippen LogP contribution in [0.2, 0.25) is 0 Å². The van der Waals surface area contributed by atoms with Crippen molar-refractivity contribution in [3.8, 4) is 0 Å². The SMILES string of the molecule is [CH2]C(Cl)C(Cl)C(C)(C)C. The zero-order valence-corrected chi connectivity index (χ0v) is 7.63. The monoisotopic (exact) mass is 167 g/mol. The number of hydrogen-bond donors (Lipinski definition) is 0. The van der Waals surface area contributed by atoms with Crippen LogP contribution in [-0.4, -0.2) is 10.8 Å². The minimum atomic E-state index is -0.202. The third kappa shape index (κ3) is 3.32. The van der Waals surface area contributed by atoms with E-state index in [0.717, 1.165) is 0 Å². The fourth-order valence-corrected chi connectivity index (χ4v) is 0.921. The molecule has 0 amide bonds. The van der Waals surface area contributed by atoms with Crippen LogP contribution in [0.5, 0.6) is 0 Å². The first-order valence-corrected chi connectivity index (χ1v) is 3.84. The van der Waals surface area contributed by atoms with Gasteiger partial charge in [0.15, 0.2) is 0 Å². The van der Waals surface area contributed by atoms with E-state index in [1.54, 1.807) is 0 Å². The average Bonchev–Trinajstić information content (AvgIpc) is 1.62. The highest BCUT2D eigenvalue weighted by Gasteiger charge is 2.25. The van der Waals surface area contributed by atoms with Gasteiger partial charge >= 0.3 is 0 Å². The average molecular weight is 168 g/mol. The van der Waals surface area contributed by atoms with E-state index >= 15 is 0 Å². The van der Waals surface area contributed by atoms with Crippen LogP contribution in [0.1, 0.15) is 20.8 Å². The van der Waals surface area contributed by atoms with Gasteiger partial charge in [0.05, 0.1) is 10.8 Å². The van der Waals surface area contributed by atoms with E-state index in [1.807, 2.05) is 20.8 Å². The highest BCUT2D eigenvalue weighted by atomic mass is 35.5. The van der Waals surface area contributed by atoms with Gasteiger partial charge in [-0.05, 0) is 12.3 Å². The largest absolute Gasteiger partial charge is 0.121 e. The molecule has 2 unspecified atom stereocenters. The second-order valence-corrected chi connectivity index (χ2v) is 4.31. The third-order valence-corrected chi connectivity index (χ3v) is 2.48. The molecule has 0 aromatic rings. The molecule has 0 N–H and O–H groups in total. The lowest BCUT2D eigenvalue weighted by molar-refractivity contribution is 0.391. The minimum absolute atomic E-state index is 0.0513. The zero-order valence-electron chi connectivity index (χ0n) is 6.12. The van der Waals surface area contributed by atoms with Gasteiger partial charge in [0.2, 0.25) is 0 Å². The second-order valence-electron chi connectivity index (χ2n) is 3.28. The van der Waals surface area contributed by atoms with E-state index in [1.165, 1.54) is 0 Å². The van der Waals surface area contributed by atoms with Gasteiger partial charge in [-0.25, -0.2) is 0 Å². The number of rotatable bonds is 1. The molecule has 0 aromatic heterocycles. The maximum Gasteiger partial charge on any atom is 0.0548 e. The molecule has 9 heavy (non-hydrogen) atoms. The predicted molar refractivity (Wildman–Crippen MR) is 44.1 cm³/mol. The van der Waals surface area contributed by atoms with Crippen molar-refractivity contribution in [2.75, 3.05) is 0 Å². The maximum atomic E-state index is 5.90. The Kier molecular flexibility index (Phi) is 3.32. The Morgan fingerprint density at radius 2 is 1.56 bits per heavy atom. The topological polar surface area (TPSA) is 0 Å². The van der Waals surface area contributed by atoms with Crippen LogP contribution in [0.3, 0.4) is 0 Å². The summed E-state index contributed by atoms with van der Waals surface area (Å²) in [4.78, 5) is 0. The molecule has 0 saturated carbocycles. The molecular formula is C7H13Cl2. The van der Waals surface area contributed by atoms with Gasteiger partial charge in [-0.2, -0.15) is 0 Å². The van der Waals surface area contributed by atoms with E-state index in [4.69, 9.17) is 23.2 Å². The van der Waals surface area contributed by atoms with E-state index in [9.17, 15) is 0 Å². The molecule has 2 heteroatoms. The Morgan fingerprint density at radius 3 is 1.56 bits per heavy atom. The summed E-state index contributed by atoms with van der Waals surface area (Å²) in [5.74, 6) is 0. The van der Waals surface area contributed by atoms with Gasteiger partial charge < -0.3 is 0 Å². The van der Waals surface area contributed by atoms with Crippen molar-refractivity contribution >= 4 is 23.2 Å². The van der Waals surface area contributed by atoms with Crippen molar-refractivity contribution in [1.29, 1.82) is 0 Å². The molecule has 0 rings (SSSR count). The molecule has 0 aromatic carbocycles. The molecule has 0 aliphatic rings. The summed E-state index contributed by atoms with van der Waals surface area (Å²) < 4.78 is 0. The highest BCUT2D eigenvalue weighted by molar-refractivity contribution is 6.30. The van der Waals surface area contributed by atoms with Gasteiger partial charge in [-0.15, -0.1) is 23.2 Å². The summed E-state index contributed by atoms with van der Waals surface area (Å²) >= 11 is 11.6. The first-order valence-electron chi connectivity index (χ1n) is 2.97. The summed E-state index contributed by atoms with van der Waals surface area (Å²) in [7, 11) is 0. The van der Waals surface area contributed by atoms with Crippen molar-refractivity contribution in [2.45, 2.75) is 31.5 Å². The van der Waals surface area contributed by atoms with E-state index in [0.29, 0.717) is 0 Å². The van der Waals surface area contributed by atoms with Gasteiger partial charge in [-0.1, -0.05) is 20.8 Å². The molecular weight excluding hydrogens is 155 g/mol. The normalized spacial score (nSPS) is 19.3. The van der Waals surface area contributed by atoms with Crippen LogP contribution in [0.15, 0.2) is 0 Å². The first-order chi connectivity index (χ1) is 3.85.